The average molecular weight is 297 g/mol. The van der Waals surface area contributed by atoms with Crippen molar-refractivity contribution in [1.29, 1.82) is 0 Å². The lowest BCUT2D eigenvalue weighted by molar-refractivity contribution is 0.709. The van der Waals surface area contributed by atoms with Crippen molar-refractivity contribution in [2.75, 3.05) is 0 Å². The Labute approximate surface area is 125 Å². The van der Waals surface area contributed by atoms with E-state index in [1.54, 1.807) is 13.3 Å². The van der Waals surface area contributed by atoms with E-state index in [-0.39, 0.29) is 5.52 Å². The molecule has 112 valence electrons. The minimum absolute atomic E-state index is 0.288. The van der Waals surface area contributed by atoms with Gasteiger partial charge in [-0.15, -0.1) is 0 Å². The van der Waals surface area contributed by atoms with E-state index < -0.39 is 11.2 Å². The van der Waals surface area contributed by atoms with Crippen LogP contribution in [0.5, 0.6) is 0 Å². The molecule has 0 bridgehead atoms. The van der Waals surface area contributed by atoms with Crippen molar-refractivity contribution in [2.24, 2.45) is 19.1 Å². The second-order valence-corrected chi connectivity index (χ2v) is 5.07. The number of nitrogens with zero attached hydrogens (tertiary/aromatic N) is 4. The summed E-state index contributed by atoms with van der Waals surface area (Å²) in [7, 11) is 3.01. The van der Waals surface area contributed by atoms with E-state index in [0.717, 1.165) is 15.8 Å². The molecule has 0 atom stereocenters. The van der Waals surface area contributed by atoms with Gasteiger partial charge in [0, 0.05) is 14.1 Å². The monoisotopic (exact) mass is 297 g/mol. The minimum atomic E-state index is -0.411. The van der Waals surface area contributed by atoms with Gasteiger partial charge in [0.05, 0.1) is 11.9 Å². The number of aromatic amines is 1. The first kappa shape index (κ1) is 14.0. The zero-order chi connectivity index (χ0) is 15.9. The third-order valence-electron chi connectivity index (χ3n) is 3.55. The fourth-order valence-corrected chi connectivity index (χ4v) is 2.24. The van der Waals surface area contributed by atoms with Crippen LogP contribution in [0.15, 0.2) is 38.8 Å². The molecule has 2 aromatic heterocycles. The molecule has 7 nitrogen and oxygen atoms in total. The number of aryl methyl sites for hydroxylation is 2. The van der Waals surface area contributed by atoms with Crippen LogP contribution in [0.2, 0.25) is 0 Å². The molecular weight excluding hydrogens is 282 g/mol. The number of H-pyrrole nitrogens is 1. The third kappa shape index (κ3) is 2.16. The van der Waals surface area contributed by atoms with Crippen LogP contribution >= 0.6 is 0 Å². The molecule has 0 amide bonds. The van der Waals surface area contributed by atoms with Crippen LogP contribution in [-0.4, -0.2) is 25.3 Å². The van der Waals surface area contributed by atoms with Gasteiger partial charge in [-0.3, -0.25) is 18.9 Å². The van der Waals surface area contributed by atoms with Gasteiger partial charge in [0.25, 0.3) is 5.56 Å². The van der Waals surface area contributed by atoms with E-state index >= 15 is 0 Å². The van der Waals surface area contributed by atoms with Crippen LogP contribution < -0.4 is 11.2 Å². The van der Waals surface area contributed by atoms with Crippen molar-refractivity contribution >= 4 is 23.1 Å². The van der Waals surface area contributed by atoms with Gasteiger partial charge in [-0.2, -0.15) is 0 Å². The van der Waals surface area contributed by atoms with Gasteiger partial charge in [-0.1, -0.05) is 18.2 Å². The third-order valence-corrected chi connectivity index (χ3v) is 3.55. The predicted octanol–water partition coefficient (Wildman–Crippen LogP) is 1.02. The number of benzene rings is 1. The fourth-order valence-electron chi connectivity index (χ4n) is 2.24. The summed E-state index contributed by atoms with van der Waals surface area (Å²) in [5, 5.41) is 0. The highest BCUT2D eigenvalue weighted by atomic mass is 16.2. The molecule has 0 aliphatic carbocycles. The van der Waals surface area contributed by atoms with E-state index in [1.807, 2.05) is 31.2 Å². The summed E-state index contributed by atoms with van der Waals surface area (Å²) < 4.78 is 2.38. The van der Waals surface area contributed by atoms with Gasteiger partial charge in [-0.05, 0) is 18.6 Å². The van der Waals surface area contributed by atoms with Crippen LogP contribution in [-0.2, 0) is 14.1 Å². The lowest BCUT2D eigenvalue weighted by atomic mass is 10.2. The number of nitrogens with one attached hydrogen (secondary N) is 1. The number of aliphatic imine (C=N–C) groups is 1. The van der Waals surface area contributed by atoms with Crippen molar-refractivity contribution in [3.05, 3.63) is 56.5 Å². The predicted molar refractivity (Wildman–Crippen MR) is 85.0 cm³/mol. The van der Waals surface area contributed by atoms with Crippen LogP contribution in [0.4, 0.5) is 5.69 Å². The Kier molecular flexibility index (Phi) is 3.25. The maximum Gasteiger partial charge on any atom is 0.332 e. The molecule has 3 aromatic rings. The summed E-state index contributed by atoms with van der Waals surface area (Å²) in [6.45, 7) is 1.96. The zero-order valence-corrected chi connectivity index (χ0v) is 12.5. The Hall–Kier alpha value is -2.96. The quantitative estimate of drug-likeness (QED) is 0.717. The van der Waals surface area contributed by atoms with Crippen molar-refractivity contribution in [3.8, 4) is 0 Å². The molecule has 7 heteroatoms. The molecule has 0 unspecified atom stereocenters. The van der Waals surface area contributed by atoms with Gasteiger partial charge >= 0.3 is 5.69 Å². The molecule has 3 rings (SSSR count). The van der Waals surface area contributed by atoms with Gasteiger partial charge in [0.2, 0.25) is 0 Å². The maximum absolute atomic E-state index is 12.1. The van der Waals surface area contributed by atoms with E-state index in [4.69, 9.17) is 0 Å². The normalized spacial score (nSPS) is 11.6. The molecular formula is C15H15N5O2. The molecule has 22 heavy (non-hydrogen) atoms. The largest absolute Gasteiger partial charge is 0.332 e. The maximum atomic E-state index is 12.1. The lowest BCUT2D eigenvalue weighted by Gasteiger charge is -2.00. The highest BCUT2D eigenvalue weighted by molar-refractivity contribution is 5.83. The van der Waals surface area contributed by atoms with E-state index in [2.05, 4.69) is 15.0 Å². The standard InChI is InChI=1S/C15H15N5O2/c1-9-6-4-5-7-10(9)16-8-11-17-12-13(18-11)19(2)15(22)20(3)14(12)21/h4-8H,1-3H3,(H,17,18). The number of fused-ring (bicyclic) bond motifs is 1. The Morgan fingerprint density at radius 1 is 1.18 bits per heavy atom. The molecule has 0 radical (unpaired) electrons. The number of imidazole rings is 1. The van der Waals surface area contributed by atoms with Crippen molar-refractivity contribution in [3.63, 3.8) is 0 Å². The van der Waals surface area contributed by atoms with E-state index in [0.29, 0.717) is 11.5 Å². The summed E-state index contributed by atoms with van der Waals surface area (Å²) in [4.78, 5) is 35.5. The molecule has 0 aliphatic rings. The highest BCUT2D eigenvalue weighted by Gasteiger charge is 2.12. The van der Waals surface area contributed by atoms with Gasteiger partial charge in [0.15, 0.2) is 11.5 Å². The molecule has 0 spiro atoms. The Morgan fingerprint density at radius 2 is 1.91 bits per heavy atom. The summed E-state index contributed by atoms with van der Waals surface area (Å²) in [6, 6.07) is 7.70. The fraction of sp³-hybridized carbons (Fsp3) is 0.200. The van der Waals surface area contributed by atoms with E-state index in [9.17, 15) is 9.59 Å². The molecule has 1 N–H and O–H groups in total. The second kappa shape index (κ2) is 5.10. The molecule has 0 aliphatic heterocycles. The second-order valence-electron chi connectivity index (χ2n) is 5.07. The Morgan fingerprint density at radius 3 is 2.64 bits per heavy atom. The molecule has 0 fully saturated rings. The Balaban J connectivity index is 2.13. The van der Waals surface area contributed by atoms with Crippen molar-refractivity contribution in [1.82, 2.24) is 19.1 Å². The van der Waals surface area contributed by atoms with Crippen molar-refractivity contribution in [2.45, 2.75) is 6.92 Å². The topological polar surface area (TPSA) is 85.0 Å². The first-order valence-corrected chi connectivity index (χ1v) is 6.74. The SMILES string of the molecule is Cc1ccccc1N=Cc1nc2c([nH]1)c(=O)n(C)c(=O)n2C. The Bertz CT molecular complexity index is 1010. The number of aromatic nitrogens is 4. The molecule has 0 saturated carbocycles. The average Bonchev–Trinajstić information content (AvgIpc) is 2.94. The van der Waals surface area contributed by atoms with Crippen LogP contribution in [0.1, 0.15) is 11.4 Å². The minimum Gasteiger partial charge on any atom is -0.331 e. The number of para-hydroxylation sites is 1. The summed E-state index contributed by atoms with van der Waals surface area (Å²) in [5.74, 6) is 0.427. The number of rotatable bonds is 2. The van der Waals surface area contributed by atoms with Crippen molar-refractivity contribution < 1.29 is 0 Å². The first-order chi connectivity index (χ1) is 10.5. The molecule has 0 saturated heterocycles. The van der Waals surface area contributed by atoms with Gasteiger partial charge < -0.3 is 4.98 Å². The summed E-state index contributed by atoms with van der Waals surface area (Å²) in [5.41, 5.74) is 1.66. The lowest BCUT2D eigenvalue weighted by Crippen LogP contribution is -2.36. The van der Waals surface area contributed by atoms with Gasteiger partial charge in [0.1, 0.15) is 5.52 Å². The first-order valence-electron chi connectivity index (χ1n) is 6.74. The van der Waals surface area contributed by atoms with Gasteiger partial charge in [-0.25, -0.2) is 9.78 Å². The zero-order valence-electron chi connectivity index (χ0n) is 12.5. The van der Waals surface area contributed by atoms with E-state index in [1.165, 1.54) is 11.6 Å². The van der Waals surface area contributed by atoms with Crippen LogP contribution in [0.3, 0.4) is 0 Å². The number of hydrogen-bond donors (Lipinski definition) is 1. The van der Waals surface area contributed by atoms with Crippen LogP contribution in [0, 0.1) is 6.92 Å². The smallest absolute Gasteiger partial charge is 0.331 e. The highest BCUT2D eigenvalue weighted by Crippen LogP contribution is 2.16. The number of hydrogen-bond acceptors (Lipinski definition) is 4. The summed E-state index contributed by atoms with van der Waals surface area (Å²) in [6.07, 6.45) is 1.55. The molecule has 2 heterocycles. The van der Waals surface area contributed by atoms with Crippen LogP contribution in [0.25, 0.3) is 11.2 Å². The molecule has 1 aromatic carbocycles. The summed E-state index contributed by atoms with van der Waals surface area (Å²) >= 11 is 0.